The minimum absolute atomic E-state index is 0.109. The maximum Gasteiger partial charge on any atom is 0.253 e. The number of hydrogen-bond donors (Lipinski definition) is 2. The van der Waals surface area contributed by atoms with Gasteiger partial charge in [-0.1, -0.05) is 26.7 Å². The Labute approximate surface area is 126 Å². The maximum atomic E-state index is 12.3. The van der Waals surface area contributed by atoms with Gasteiger partial charge in [-0.25, -0.2) is 4.98 Å². The molecule has 21 heavy (non-hydrogen) atoms. The van der Waals surface area contributed by atoms with Crippen molar-refractivity contribution in [3.63, 3.8) is 0 Å². The summed E-state index contributed by atoms with van der Waals surface area (Å²) in [4.78, 5) is 16.3. The molecule has 3 atom stereocenters. The summed E-state index contributed by atoms with van der Waals surface area (Å²) in [6.45, 7) is 4.22. The Morgan fingerprint density at radius 1 is 1.52 bits per heavy atom. The summed E-state index contributed by atoms with van der Waals surface area (Å²) >= 11 is 0. The van der Waals surface area contributed by atoms with Crippen molar-refractivity contribution in [3.05, 3.63) is 18.3 Å². The first-order valence-electron chi connectivity index (χ1n) is 7.76. The summed E-state index contributed by atoms with van der Waals surface area (Å²) in [5, 5.41) is 2.84. The fraction of sp³-hybridized carbons (Fsp3) is 0.625. The van der Waals surface area contributed by atoms with Crippen LogP contribution in [0.1, 0.15) is 46.0 Å². The standard InChI is InChI=1S/C16H25N3O2/c1-3-14(21-13-6-4-5-11(2)9-13)16(20)19-12-7-8-15(17)18-10-12/h7-8,10-11,13-14H,3-6,9H2,1-2H3,(H2,17,18)(H,19,20). The van der Waals surface area contributed by atoms with Gasteiger partial charge < -0.3 is 15.8 Å². The second kappa shape index (κ2) is 7.41. The molecule has 0 radical (unpaired) electrons. The Kier molecular flexibility index (Phi) is 5.56. The van der Waals surface area contributed by atoms with Crippen LogP contribution in [0, 0.1) is 5.92 Å². The summed E-state index contributed by atoms with van der Waals surface area (Å²) in [6, 6.07) is 3.41. The minimum Gasteiger partial charge on any atom is -0.384 e. The lowest BCUT2D eigenvalue weighted by Gasteiger charge is -2.29. The van der Waals surface area contributed by atoms with Gasteiger partial charge in [0.1, 0.15) is 11.9 Å². The SMILES string of the molecule is CCC(OC1CCCC(C)C1)C(=O)Nc1ccc(N)nc1. The third kappa shape index (κ3) is 4.70. The highest BCUT2D eigenvalue weighted by Crippen LogP contribution is 2.27. The molecule has 1 aromatic heterocycles. The van der Waals surface area contributed by atoms with E-state index >= 15 is 0 Å². The van der Waals surface area contributed by atoms with Gasteiger partial charge in [0, 0.05) is 0 Å². The van der Waals surface area contributed by atoms with Crippen LogP contribution in [0.2, 0.25) is 0 Å². The number of hydrogen-bond acceptors (Lipinski definition) is 4. The number of anilines is 2. The number of nitrogens with zero attached hydrogens (tertiary/aromatic N) is 1. The number of ether oxygens (including phenoxy) is 1. The molecule has 3 unspecified atom stereocenters. The van der Waals surface area contributed by atoms with Crippen LogP contribution in [-0.4, -0.2) is 23.1 Å². The van der Waals surface area contributed by atoms with E-state index in [0.29, 0.717) is 23.8 Å². The number of carbonyl (C=O) groups is 1. The molecule has 0 aliphatic heterocycles. The van der Waals surface area contributed by atoms with Crippen molar-refractivity contribution < 1.29 is 9.53 Å². The van der Waals surface area contributed by atoms with Crippen LogP contribution in [0.3, 0.4) is 0 Å². The van der Waals surface area contributed by atoms with Crippen molar-refractivity contribution in [3.8, 4) is 0 Å². The molecular formula is C16H25N3O2. The Hall–Kier alpha value is -1.62. The monoisotopic (exact) mass is 291 g/mol. The van der Waals surface area contributed by atoms with Crippen molar-refractivity contribution in [2.75, 3.05) is 11.1 Å². The number of nitrogens with one attached hydrogen (secondary N) is 1. The zero-order valence-electron chi connectivity index (χ0n) is 12.8. The van der Waals surface area contributed by atoms with Gasteiger partial charge in [0.25, 0.3) is 5.91 Å². The van der Waals surface area contributed by atoms with E-state index in [9.17, 15) is 4.79 Å². The summed E-state index contributed by atoms with van der Waals surface area (Å²) in [5.41, 5.74) is 6.18. The van der Waals surface area contributed by atoms with Gasteiger partial charge in [-0.3, -0.25) is 4.79 Å². The molecule has 1 heterocycles. The largest absolute Gasteiger partial charge is 0.384 e. The summed E-state index contributed by atoms with van der Waals surface area (Å²) in [7, 11) is 0. The molecule has 1 fully saturated rings. The number of pyridine rings is 1. The van der Waals surface area contributed by atoms with E-state index < -0.39 is 6.10 Å². The third-order valence-corrected chi connectivity index (χ3v) is 3.96. The molecule has 1 saturated carbocycles. The average Bonchev–Trinajstić information content (AvgIpc) is 2.47. The molecule has 1 amide bonds. The normalized spacial score (nSPS) is 23.5. The molecule has 1 aromatic rings. The Bertz CT molecular complexity index is 461. The molecule has 0 aromatic carbocycles. The second-order valence-electron chi connectivity index (χ2n) is 5.89. The average molecular weight is 291 g/mol. The lowest BCUT2D eigenvalue weighted by atomic mass is 9.88. The lowest BCUT2D eigenvalue weighted by molar-refractivity contribution is -0.133. The van der Waals surface area contributed by atoms with Gasteiger partial charge in [-0.2, -0.15) is 0 Å². The number of nitrogens with two attached hydrogens (primary N) is 1. The van der Waals surface area contributed by atoms with Gasteiger partial charge >= 0.3 is 0 Å². The molecule has 116 valence electrons. The Morgan fingerprint density at radius 2 is 2.33 bits per heavy atom. The van der Waals surface area contributed by atoms with E-state index in [1.54, 1.807) is 18.3 Å². The van der Waals surface area contributed by atoms with E-state index in [1.807, 2.05) is 6.92 Å². The first-order chi connectivity index (χ1) is 10.1. The zero-order valence-corrected chi connectivity index (χ0v) is 12.8. The molecule has 5 heteroatoms. The zero-order chi connectivity index (χ0) is 15.2. The topological polar surface area (TPSA) is 77.2 Å². The van der Waals surface area contributed by atoms with Crippen LogP contribution in [0.4, 0.5) is 11.5 Å². The summed E-state index contributed by atoms with van der Waals surface area (Å²) in [6.07, 6.45) is 6.57. The van der Waals surface area contributed by atoms with E-state index in [4.69, 9.17) is 10.5 Å². The van der Waals surface area contributed by atoms with E-state index in [2.05, 4.69) is 17.2 Å². The van der Waals surface area contributed by atoms with Crippen molar-refractivity contribution >= 4 is 17.4 Å². The van der Waals surface area contributed by atoms with Crippen molar-refractivity contribution in [2.24, 2.45) is 5.92 Å². The number of aromatic nitrogens is 1. The molecule has 2 rings (SSSR count). The second-order valence-corrected chi connectivity index (χ2v) is 5.89. The van der Waals surface area contributed by atoms with Crippen LogP contribution in [0.15, 0.2) is 18.3 Å². The number of nitrogen functional groups attached to an aromatic ring is 1. The third-order valence-electron chi connectivity index (χ3n) is 3.96. The van der Waals surface area contributed by atoms with Crippen LogP contribution in [-0.2, 0) is 9.53 Å². The first kappa shape index (κ1) is 15.8. The number of rotatable bonds is 5. The molecule has 5 nitrogen and oxygen atoms in total. The first-order valence-corrected chi connectivity index (χ1v) is 7.76. The maximum absolute atomic E-state index is 12.3. The van der Waals surface area contributed by atoms with Crippen LogP contribution in [0.5, 0.6) is 0 Å². The predicted octanol–water partition coefficient (Wildman–Crippen LogP) is 2.98. The molecule has 1 aliphatic carbocycles. The van der Waals surface area contributed by atoms with Crippen molar-refractivity contribution in [1.82, 2.24) is 4.98 Å². The van der Waals surface area contributed by atoms with Gasteiger partial charge in [0.05, 0.1) is 18.0 Å². The highest BCUT2D eigenvalue weighted by molar-refractivity contribution is 5.94. The smallest absolute Gasteiger partial charge is 0.253 e. The lowest BCUT2D eigenvalue weighted by Crippen LogP contribution is -2.35. The van der Waals surface area contributed by atoms with Crippen LogP contribution in [0.25, 0.3) is 0 Å². The molecule has 0 bridgehead atoms. The highest BCUT2D eigenvalue weighted by atomic mass is 16.5. The fourth-order valence-electron chi connectivity index (χ4n) is 2.78. The van der Waals surface area contributed by atoms with E-state index in [1.165, 1.54) is 12.8 Å². The quantitative estimate of drug-likeness (QED) is 0.874. The van der Waals surface area contributed by atoms with Crippen LogP contribution < -0.4 is 11.1 Å². The fourth-order valence-corrected chi connectivity index (χ4v) is 2.78. The van der Waals surface area contributed by atoms with Crippen molar-refractivity contribution in [1.29, 1.82) is 0 Å². The summed E-state index contributed by atoms with van der Waals surface area (Å²) < 4.78 is 6.01. The number of amides is 1. The minimum atomic E-state index is -0.405. The molecule has 0 saturated heterocycles. The number of carbonyl (C=O) groups excluding carboxylic acids is 1. The van der Waals surface area contributed by atoms with E-state index in [-0.39, 0.29) is 12.0 Å². The van der Waals surface area contributed by atoms with Crippen LogP contribution >= 0.6 is 0 Å². The molecule has 1 aliphatic rings. The van der Waals surface area contributed by atoms with Crippen molar-refractivity contribution in [2.45, 2.75) is 58.2 Å². The summed E-state index contributed by atoms with van der Waals surface area (Å²) in [5.74, 6) is 1.01. The molecular weight excluding hydrogens is 266 g/mol. The highest BCUT2D eigenvalue weighted by Gasteiger charge is 2.25. The van der Waals surface area contributed by atoms with Gasteiger partial charge in [0.2, 0.25) is 0 Å². The Morgan fingerprint density at radius 3 is 2.95 bits per heavy atom. The Balaban J connectivity index is 1.90. The predicted molar refractivity (Wildman–Crippen MR) is 83.9 cm³/mol. The van der Waals surface area contributed by atoms with Gasteiger partial charge in [-0.05, 0) is 37.3 Å². The van der Waals surface area contributed by atoms with E-state index in [0.717, 1.165) is 12.8 Å². The van der Waals surface area contributed by atoms with Gasteiger partial charge in [-0.15, -0.1) is 0 Å². The molecule has 3 N–H and O–H groups in total. The molecule has 0 spiro atoms. The van der Waals surface area contributed by atoms with Gasteiger partial charge in [0.15, 0.2) is 0 Å².